The summed E-state index contributed by atoms with van der Waals surface area (Å²) in [6.45, 7) is 10.1. The van der Waals surface area contributed by atoms with E-state index >= 15 is 38.0 Å². The summed E-state index contributed by atoms with van der Waals surface area (Å²) in [7, 11) is 9.87. The Bertz CT molecular complexity index is 3120. The first-order valence-electron chi connectivity index (χ1n) is 40.1. The van der Waals surface area contributed by atoms with Gasteiger partial charge in [0.15, 0.2) is 0 Å². The molecule has 0 aromatic rings. The Morgan fingerprint density at radius 3 is 1.80 bits per heavy atom. The van der Waals surface area contributed by atoms with E-state index in [2.05, 4.69) is 16.0 Å². The van der Waals surface area contributed by atoms with Crippen LogP contribution < -0.4 is 16.0 Å². The first kappa shape index (κ1) is 88.8. The molecule has 0 bridgehead atoms. The van der Waals surface area contributed by atoms with Crippen LogP contribution in [0.15, 0.2) is 0 Å². The maximum Gasteiger partial charge on any atom is 0.394 e. The average molecular weight is 1550 g/mol. The lowest BCUT2D eigenvalue weighted by Gasteiger charge is -2.41. The summed E-state index contributed by atoms with van der Waals surface area (Å²) < 4.78 is 64.2. The summed E-state index contributed by atoms with van der Waals surface area (Å²) in [4.78, 5) is 192. The van der Waals surface area contributed by atoms with Gasteiger partial charge in [0.1, 0.15) is 54.0 Å². The molecule has 1 spiro atoms. The van der Waals surface area contributed by atoms with Gasteiger partial charge in [0.2, 0.25) is 70.9 Å². The summed E-state index contributed by atoms with van der Waals surface area (Å²) >= 11 is 6.64. The lowest BCUT2D eigenvalue weighted by atomic mass is 9.78. The highest BCUT2D eigenvalue weighted by Crippen LogP contribution is 2.43. The highest BCUT2D eigenvalue weighted by molar-refractivity contribution is 6.20. The highest BCUT2D eigenvalue weighted by Gasteiger charge is 2.53. The zero-order chi connectivity index (χ0) is 79.8. The molecule has 3 heterocycles. The van der Waals surface area contributed by atoms with Gasteiger partial charge in [-0.15, -0.1) is 11.6 Å². The summed E-state index contributed by atoms with van der Waals surface area (Å²) in [6, 6.07) is -9.16. The molecular formula is C78H127ClF4N12O13. The molecular weight excluding hydrogens is 1420 g/mol. The lowest BCUT2D eigenvalue weighted by Crippen LogP contribution is -2.64. The molecule has 0 radical (unpaired) electrons. The summed E-state index contributed by atoms with van der Waals surface area (Å²) in [5.74, 6) is -11.8. The van der Waals surface area contributed by atoms with Crippen LogP contribution in [0.4, 0.5) is 17.6 Å². The third-order valence-electron chi connectivity index (χ3n) is 24.4. The normalized spacial score (nSPS) is 30.7. The molecule has 612 valence electrons. The van der Waals surface area contributed by atoms with E-state index in [0.29, 0.717) is 51.6 Å². The van der Waals surface area contributed by atoms with Gasteiger partial charge in [0, 0.05) is 87.4 Å². The minimum atomic E-state index is -4.78. The number of likely N-dealkylation sites (N-methyl/N-ethyl adjacent to an activating group) is 7. The minimum Gasteiger partial charge on any atom is -0.376 e. The largest absolute Gasteiger partial charge is 0.394 e. The van der Waals surface area contributed by atoms with Gasteiger partial charge in [-0.3, -0.25) is 57.5 Å². The summed E-state index contributed by atoms with van der Waals surface area (Å²) in [5, 5.41) is 8.73. The number of halogens is 5. The SMILES string of the molecule is CC[C@H](C)[C@@H]1NC(=O)[C@H](CC(C)C)N(C)C(=O)C[C@@H](C(=O)N2CCCCC2)N(C)C(=O)[C@H](CC(C)C)N(C)C(=O)C2(CCCC2)NC(=O)[C@@H]2C[C@@H](OCC3CCCC(Cl)C3)CN2C(=O)[C@H](CCC2CCC(C(F)(F)F)C(F)C2)NC(=O)CN(C)C(=O)[C@H](CC2CCCCC2)N(C)C(=O)CN(C)C(=O)CN(C)C1=O. The molecule has 14 atom stereocenters. The molecule has 3 N–H and O–H groups in total. The van der Waals surface area contributed by atoms with E-state index < -0.39 is 194 Å². The third-order valence-corrected chi connectivity index (χ3v) is 24.8. The Kier molecular flexibility index (Phi) is 33.0. The van der Waals surface area contributed by atoms with Crippen LogP contribution in [0.1, 0.15) is 215 Å². The number of piperidine rings is 1. The number of nitrogens with zero attached hydrogens (tertiary/aromatic N) is 9. The van der Waals surface area contributed by atoms with Crippen molar-refractivity contribution in [3.8, 4) is 0 Å². The van der Waals surface area contributed by atoms with Crippen LogP contribution >= 0.6 is 11.6 Å². The van der Waals surface area contributed by atoms with Crippen molar-refractivity contribution in [2.75, 3.05) is 95.2 Å². The van der Waals surface area contributed by atoms with Gasteiger partial charge in [0.05, 0.1) is 38.1 Å². The summed E-state index contributed by atoms with van der Waals surface area (Å²) in [6.07, 6.45) is 1.93. The highest BCUT2D eigenvalue weighted by atomic mass is 35.5. The van der Waals surface area contributed by atoms with Crippen molar-refractivity contribution in [2.24, 2.45) is 41.4 Å². The molecule has 0 aromatic heterocycles. The Balaban J connectivity index is 1.31. The smallest absolute Gasteiger partial charge is 0.376 e. The standard InChI is InChI=1S/C78H127ClF4N12O13/c1-14-50(6)68-75(106)89(9)45-66(98)87(7)46-67(99)91(11)62(40-51-24-17-15-18-25-51)72(103)88(8)44-64(96)84-58(31-29-52-28-30-56(57(80)39-52)78(81,82)83)71(102)95-43-55(108-47-53-26-23-27-54(79)38-53)41-60(95)70(101)86-77(32-19-20-33-77)76(107)93(13)61(37-49(4)5)73(104)92(12)63(74(105)94-34-21-16-22-35-94)42-65(97)90(10)59(36-48(2)3)69(100)85-68/h48-63,68H,14-47H2,1-13H3,(H,84,96)(H,85,100)(H,86,101)/t50-,52?,53?,54?,55+,56?,57?,58-,59-,60-,61-,62-,63-,68-/m0/s1. The molecule has 3 aliphatic heterocycles. The van der Waals surface area contributed by atoms with Crippen molar-refractivity contribution < 1.29 is 79.8 Å². The van der Waals surface area contributed by atoms with Gasteiger partial charge >= 0.3 is 6.18 Å². The quantitative estimate of drug-likeness (QED) is 0.106. The maximum absolute atomic E-state index is 15.8. The van der Waals surface area contributed by atoms with Gasteiger partial charge in [-0.2, -0.15) is 13.2 Å². The second-order valence-corrected chi connectivity index (χ2v) is 34.3. The Morgan fingerprint density at radius 2 is 1.19 bits per heavy atom. The molecule has 25 nitrogen and oxygen atoms in total. The number of ether oxygens (including phenoxy) is 1. The van der Waals surface area contributed by atoms with Gasteiger partial charge in [-0.05, 0) is 138 Å². The number of hydrogen-bond acceptors (Lipinski definition) is 13. The third kappa shape index (κ3) is 23.6. The fourth-order valence-electron chi connectivity index (χ4n) is 17.4. The number of fused-ring (bicyclic) bond motifs is 1. The van der Waals surface area contributed by atoms with Crippen LogP contribution in [-0.2, 0) is 62.3 Å². The predicted molar refractivity (Wildman–Crippen MR) is 399 cm³/mol. The zero-order valence-corrected chi connectivity index (χ0v) is 67.3. The van der Waals surface area contributed by atoms with Crippen molar-refractivity contribution in [1.29, 1.82) is 0 Å². The molecule has 12 amide bonds. The number of likely N-dealkylation sites (tertiary alicyclic amines) is 1. The molecule has 5 unspecified atom stereocenters. The molecule has 7 rings (SSSR count). The first-order valence-corrected chi connectivity index (χ1v) is 40.6. The fraction of sp³-hybridized carbons (Fsp3) is 0.846. The summed E-state index contributed by atoms with van der Waals surface area (Å²) in [5.41, 5.74) is -1.66. The Hall–Kier alpha value is -6.39. The van der Waals surface area contributed by atoms with Crippen LogP contribution in [0.25, 0.3) is 0 Å². The van der Waals surface area contributed by atoms with Crippen molar-refractivity contribution in [3.63, 3.8) is 0 Å². The van der Waals surface area contributed by atoms with E-state index in [4.69, 9.17) is 16.3 Å². The molecule has 7 fully saturated rings. The number of rotatable bonds is 15. The van der Waals surface area contributed by atoms with Crippen LogP contribution in [0, 0.1) is 41.4 Å². The zero-order valence-electron chi connectivity index (χ0n) is 66.6. The molecule has 4 saturated carbocycles. The monoisotopic (exact) mass is 1550 g/mol. The van der Waals surface area contributed by atoms with Gasteiger partial charge in [0.25, 0.3) is 0 Å². The number of amides is 12. The van der Waals surface area contributed by atoms with Crippen LogP contribution in [0.3, 0.4) is 0 Å². The van der Waals surface area contributed by atoms with Gasteiger partial charge in [-0.1, -0.05) is 99.3 Å². The van der Waals surface area contributed by atoms with E-state index in [1.165, 1.54) is 73.8 Å². The van der Waals surface area contributed by atoms with Crippen LogP contribution in [0.2, 0.25) is 0 Å². The minimum absolute atomic E-state index is 0.00565. The number of hydrogen-bond donors (Lipinski definition) is 3. The Labute approximate surface area is 642 Å². The predicted octanol–water partition coefficient (Wildman–Crippen LogP) is 7.47. The van der Waals surface area contributed by atoms with Gasteiger partial charge < -0.3 is 64.8 Å². The first-order chi connectivity index (χ1) is 50.9. The van der Waals surface area contributed by atoms with E-state index in [9.17, 15) is 37.1 Å². The van der Waals surface area contributed by atoms with Crippen LogP contribution in [-0.4, -0.2) is 282 Å². The number of alkyl halides is 5. The van der Waals surface area contributed by atoms with Crippen LogP contribution in [0.5, 0.6) is 0 Å². The molecule has 7 aliphatic rings. The molecule has 108 heavy (non-hydrogen) atoms. The maximum atomic E-state index is 15.8. The molecule has 30 heteroatoms. The average Bonchev–Trinajstić information content (AvgIpc) is 1.55. The second kappa shape index (κ2) is 40.2. The van der Waals surface area contributed by atoms with Crippen molar-refractivity contribution in [1.82, 2.24) is 60.0 Å². The fourth-order valence-corrected chi connectivity index (χ4v) is 17.8. The van der Waals surface area contributed by atoms with E-state index in [0.717, 1.165) is 72.5 Å². The van der Waals surface area contributed by atoms with E-state index in [1.807, 2.05) is 34.6 Å². The lowest BCUT2D eigenvalue weighted by molar-refractivity contribution is -0.201. The Morgan fingerprint density at radius 1 is 0.583 bits per heavy atom. The van der Waals surface area contributed by atoms with Crippen molar-refractivity contribution >= 4 is 82.5 Å². The molecule has 3 saturated heterocycles. The molecule has 4 aliphatic carbocycles. The number of carbonyl (C=O) groups excluding carboxylic acids is 12. The van der Waals surface area contributed by atoms with E-state index in [1.54, 1.807) is 11.8 Å². The number of carbonyl (C=O) groups is 12. The van der Waals surface area contributed by atoms with Crippen molar-refractivity contribution in [2.45, 2.75) is 287 Å². The van der Waals surface area contributed by atoms with Gasteiger partial charge in [-0.25, -0.2) is 4.39 Å². The second-order valence-electron chi connectivity index (χ2n) is 33.7. The number of nitrogens with one attached hydrogen (secondary N) is 3. The molecule has 0 aromatic carbocycles. The van der Waals surface area contributed by atoms with Crippen molar-refractivity contribution in [3.05, 3.63) is 0 Å². The van der Waals surface area contributed by atoms with E-state index in [-0.39, 0.29) is 100.0 Å². The topological polar surface area (TPSA) is 279 Å².